The number of halogens is 4. The second kappa shape index (κ2) is 6.67. The first-order valence-corrected chi connectivity index (χ1v) is 7.48. The van der Waals surface area contributed by atoms with Gasteiger partial charge in [0.2, 0.25) is 5.24 Å². The SMILES string of the molecule is CC(C)(CC(=O)Cl)C(Cl)CC(Cl)(Cl)c1ccccc1. The smallest absolute Gasteiger partial charge is 0.222 e. The molecule has 0 aliphatic heterocycles. The summed E-state index contributed by atoms with van der Waals surface area (Å²) in [6.45, 7) is 3.75. The van der Waals surface area contributed by atoms with E-state index in [0.29, 0.717) is 6.42 Å². The van der Waals surface area contributed by atoms with Crippen LogP contribution in [0.4, 0.5) is 0 Å². The lowest BCUT2D eigenvalue weighted by Crippen LogP contribution is -2.31. The van der Waals surface area contributed by atoms with E-state index in [1.54, 1.807) is 0 Å². The van der Waals surface area contributed by atoms with Gasteiger partial charge < -0.3 is 0 Å². The Morgan fingerprint density at radius 2 is 1.74 bits per heavy atom. The maximum Gasteiger partial charge on any atom is 0.222 e. The Balaban J connectivity index is 2.81. The Hall–Kier alpha value is 0.0500. The van der Waals surface area contributed by atoms with Gasteiger partial charge in [0.25, 0.3) is 0 Å². The van der Waals surface area contributed by atoms with Gasteiger partial charge in [0.05, 0.1) is 0 Å². The van der Waals surface area contributed by atoms with Crippen LogP contribution in [-0.4, -0.2) is 10.6 Å². The Bertz CT molecular complexity index is 428. The molecule has 5 heteroatoms. The van der Waals surface area contributed by atoms with Gasteiger partial charge in [-0.05, 0) is 22.6 Å². The fourth-order valence-electron chi connectivity index (χ4n) is 1.77. The highest BCUT2D eigenvalue weighted by atomic mass is 35.5. The molecule has 0 heterocycles. The fourth-order valence-corrected chi connectivity index (χ4v) is 3.14. The lowest BCUT2D eigenvalue weighted by molar-refractivity contribution is -0.113. The topological polar surface area (TPSA) is 17.1 Å². The largest absolute Gasteiger partial charge is 0.281 e. The third kappa shape index (κ3) is 5.15. The van der Waals surface area contributed by atoms with E-state index in [4.69, 9.17) is 46.4 Å². The van der Waals surface area contributed by atoms with Crippen LogP contribution in [0, 0.1) is 5.41 Å². The molecule has 1 atom stereocenters. The van der Waals surface area contributed by atoms with E-state index in [0.717, 1.165) is 5.56 Å². The molecule has 0 spiro atoms. The Kier molecular flexibility index (Phi) is 6.00. The number of hydrogen-bond donors (Lipinski definition) is 0. The maximum absolute atomic E-state index is 11.0. The highest BCUT2D eigenvalue weighted by molar-refractivity contribution is 6.63. The van der Waals surface area contributed by atoms with Gasteiger partial charge in [0.1, 0.15) is 4.33 Å². The molecule has 1 rings (SSSR count). The molecule has 19 heavy (non-hydrogen) atoms. The van der Waals surface area contributed by atoms with Gasteiger partial charge in [-0.1, -0.05) is 67.4 Å². The molecule has 0 radical (unpaired) electrons. The van der Waals surface area contributed by atoms with Gasteiger partial charge in [0, 0.05) is 18.2 Å². The minimum absolute atomic E-state index is 0.182. The van der Waals surface area contributed by atoms with Crippen LogP contribution < -0.4 is 0 Å². The summed E-state index contributed by atoms with van der Waals surface area (Å²) < 4.78 is -1.08. The van der Waals surface area contributed by atoms with Crippen LogP contribution in [0.3, 0.4) is 0 Å². The van der Waals surface area contributed by atoms with E-state index in [2.05, 4.69) is 0 Å². The van der Waals surface area contributed by atoms with Crippen molar-refractivity contribution in [2.45, 2.75) is 36.4 Å². The number of alkyl halides is 3. The van der Waals surface area contributed by atoms with Crippen LogP contribution in [-0.2, 0) is 9.13 Å². The van der Waals surface area contributed by atoms with E-state index < -0.39 is 15.0 Å². The molecule has 1 aromatic carbocycles. The summed E-state index contributed by atoms with van der Waals surface area (Å²) in [4.78, 5) is 11.0. The van der Waals surface area contributed by atoms with Crippen LogP contribution in [0.1, 0.15) is 32.3 Å². The number of hydrogen-bond acceptors (Lipinski definition) is 1. The van der Waals surface area contributed by atoms with E-state index >= 15 is 0 Å². The van der Waals surface area contributed by atoms with Crippen LogP contribution >= 0.6 is 46.4 Å². The van der Waals surface area contributed by atoms with Crippen molar-refractivity contribution in [2.75, 3.05) is 0 Å². The van der Waals surface area contributed by atoms with Crippen molar-refractivity contribution in [2.24, 2.45) is 5.41 Å². The molecule has 1 aromatic rings. The normalized spacial score (nSPS) is 14.2. The molecule has 0 saturated carbocycles. The van der Waals surface area contributed by atoms with Crippen molar-refractivity contribution in [3.63, 3.8) is 0 Å². The van der Waals surface area contributed by atoms with Gasteiger partial charge in [0.15, 0.2) is 0 Å². The van der Waals surface area contributed by atoms with Gasteiger partial charge in [-0.25, -0.2) is 0 Å². The van der Waals surface area contributed by atoms with E-state index in [1.165, 1.54) is 0 Å². The molecule has 106 valence electrons. The van der Waals surface area contributed by atoms with Crippen molar-refractivity contribution in [1.29, 1.82) is 0 Å². The first-order valence-electron chi connectivity index (χ1n) is 5.91. The van der Waals surface area contributed by atoms with Gasteiger partial charge in [-0.15, -0.1) is 11.6 Å². The predicted octanol–water partition coefficient (Wildman–Crippen LogP) is 5.50. The lowest BCUT2D eigenvalue weighted by atomic mass is 9.83. The second-order valence-corrected chi connectivity index (χ2v) is 7.69. The molecule has 0 aliphatic rings. The van der Waals surface area contributed by atoms with Gasteiger partial charge in [-0.3, -0.25) is 4.79 Å². The van der Waals surface area contributed by atoms with Gasteiger partial charge >= 0.3 is 0 Å². The summed E-state index contributed by atoms with van der Waals surface area (Å²) in [6.07, 6.45) is 0.514. The first kappa shape index (κ1) is 17.1. The summed E-state index contributed by atoms with van der Waals surface area (Å²) >= 11 is 24.5. The molecule has 0 amide bonds. The molecule has 0 bridgehead atoms. The molecule has 0 aliphatic carbocycles. The Morgan fingerprint density at radius 1 is 1.21 bits per heavy atom. The number of carbonyl (C=O) groups excluding carboxylic acids is 1. The summed E-state index contributed by atoms with van der Waals surface area (Å²) in [7, 11) is 0. The predicted molar refractivity (Wildman–Crippen MR) is 83.3 cm³/mol. The zero-order chi connectivity index (χ0) is 14.7. The van der Waals surface area contributed by atoms with Crippen LogP contribution in [0.2, 0.25) is 0 Å². The van der Waals surface area contributed by atoms with E-state index in [1.807, 2.05) is 44.2 Å². The average Bonchev–Trinajstić information content (AvgIpc) is 2.28. The van der Waals surface area contributed by atoms with Crippen LogP contribution in [0.5, 0.6) is 0 Å². The summed E-state index contributed by atoms with van der Waals surface area (Å²) in [5, 5.41) is -0.782. The summed E-state index contributed by atoms with van der Waals surface area (Å²) in [5.74, 6) is 0. The summed E-state index contributed by atoms with van der Waals surface area (Å²) in [5.41, 5.74) is 0.321. The molecule has 1 nitrogen and oxygen atoms in total. The molecule has 0 fully saturated rings. The van der Waals surface area contributed by atoms with E-state index in [9.17, 15) is 4.79 Å². The Labute approximate surface area is 134 Å². The molecule has 0 saturated heterocycles. The number of rotatable bonds is 6. The third-order valence-electron chi connectivity index (χ3n) is 3.07. The number of carbonyl (C=O) groups is 1. The molecule has 0 aromatic heterocycles. The van der Waals surface area contributed by atoms with Crippen LogP contribution in [0.25, 0.3) is 0 Å². The first-order chi connectivity index (χ1) is 8.65. The summed E-state index contributed by atoms with van der Waals surface area (Å²) in [6, 6.07) is 9.32. The third-order valence-corrected chi connectivity index (χ3v) is 4.70. The average molecular weight is 342 g/mol. The van der Waals surface area contributed by atoms with Crippen molar-refractivity contribution < 1.29 is 4.79 Å². The zero-order valence-corrected chi connectivity index (χ0v) is 13.8. The number of benzene rings is 1. The molecular formula is C14H16Cl4O. The quantitative estimate of drug-likeness (QED) is 0.493. The van der Waals surface area contributed by atoms with Crippen molar-refractivity contribution in [1.82, 2.24) is 0 Å². The van der Waals surface area contributed by atoms with Gasteiger partial charge in [-0.2, -0.15) is 0 Å². The maximum atomic E-state index is 11.0. The minimum Gasteiger partial charge on any atom is -0.281 e. The van der Waals surface area contributed by atoms with Crippen LogP contribution in [0.15, 0.2) is 30.3 Å². The zero-order valence-electron chi connectivity index (χ0n) is 10.8. The van der Waals surface area contributed by atoms with E-state index in [-0.39, 0.29) is 11.8 Å². The molecule has 0 N–H and O–H groups in total. The highest BCUT2D eigenvalue weighted by Gasteiger charge is 2.37. The van der Waals surface area contributed by atoms with Crippen molar-refractivity contribution >= 4 is 51.6 Å². The van der Waals surface area contributed by atoms with Crippen molar-refractivity contribution in [3.8, 4) is 0 Å². The lowest BCUT2D eigenvalue weighted by Gasteiger charge is -2.33. The molecular weight excluding hydrogens is 326 g/mol. The monoisotopic (exact) mass is 340 g/mol. The van der Waals surface area contributed by atoms with Crippen molar-refractivity contribution in [3.05, 3.63) is 35.9 Å². The highest BCUT2D eigenvalue weighted by Crippen LogP contribution is 2.44. The second-order valence-electron chi connectivity index (χ2n) is 5.26. The minimum atomic E-state index is -1.08. The standard InChI is InChI=1S/C14H16Cl4O/c1-13(2,9-12(16)19)11(15)8-14(17,18)10-6-4-3-5-7-10/h3-7,11H,8-9H2,1-2H3. The molecule has 1 unspecified atom stereocenters. The Morgan fingerprint density at radius 3 is 2.21 bits per heavy atom. The fraction of sp³-hybridized carbons (Fsp3) is 0.500.